The maximum absolute atomic E-state index is 12.6. The zero-order valence-corrected chi connectivity index (χ0v) is 15.8. The number of hydrogen-bond donors (Lipinski definition) is 1. The van der Waals surface area contributed by atoms with Crippen LogP contribution in [-0.4, -0.2) is 42.4 Å². The molecule has 0 aliphatic carbocycles. The molecule has 1 aromatic heterocycles. The van der Waals surface area contributed by atoms with E-state index < -0.39 is 0 Å². The second kappa shape index (κ2) is 8.52. The standard InChI is InChI=1S/C21H28N2O3/c1-15(2)8-11-26-20-9-10-25-14-18(20)22-21(24)12-16-13-23(3)19-7-5-4-6-17(16)19/h4-8,13,18,20H,9-12,14H2,1-3H3,(H,22,24)/t18-,20+/m1/s1. The monoisotopic (exact) mass is 356 g/mol. The fourth-order valence-corrected chi connectivity index (χ4v) is 3.39. The third-order valence-electron chi connectivity index (χ3n) is 4.77. The van der Waals surface area contributed by atoms with Crippen LogP contribution in [0, 0.1) is 0 Å². The molecule has 1 aliphatic rings. The van der Waals surface area contributed by atoms with Crippen molar-refractivity contribution in [2.75, 3.05) is 19.8 Å². The normalized spacial score (nSPS) is 20.1. The Morgan fingerprint density at radius 3 is 3.00 bits per heavy atom. The maximum Gasteiger partial charge on any atom is 0.224 e. The molecule has 1 amide bonds. The lowest BCUT2D eigenvalue weighted by Crippen LogP contribution is -2.51. The number of nitrogens with zero attached hydrogens (tertiary/aromatic N) is 1. The molecule has 1 saturated heterocycles. The van der Waals surface area contributed by atoms with Gasteiger partial charge in [-0.05, 0) is 31.9 Å². The van der Waals surface area contributed by atoms with Gasteiger partial charge < -0.3 is 19.4 Å². The Bertz CT molecular complexity index is 790. The van der Waals surface area contributed by atoms with Crippen LogP contribution in [-0.2, 0) is 27.7 Å². The molecule has 0 radical (unpaired) electrons. The fourth-order valence-electron chi connectivity index (χ4n) is 3.39. The molecule has 1 aromatic carbocycles. The second-order valence-electron chi connectivity index (χ2n) is 7.15. The quantitative estimate of drug-likeness (QED) is 0.810. The van der Waals surface area contributed by atoms with E-state index in [-0.39, 0.29) is 18.1 Å². The number of carbonyl (C=O) groups is 1. The van der Waals surface area contributed by atoms with Crippen molar-refractivity contribution >= 4 is 16.8 Å². The molecule has 5 heteroatoms. The molecule has 2 atom stereocenters. The molecule has 140 valence electrons. The second-order valence-corrected chi connectivity index (χ2v) is 7.15. The first kappa shape index (κ1) is 18.7. The molecule has 2 heterocycles. The summed E-state index contributed by atoms with van der Waals surface area (Å²) in [5.41, 5.74) is 3.41. The number of aromatic nitrogens is 1. The summed E-state index contributed by atoms with van der Waals surface area (Å²) in [6.07, 6.45) is 5.25. The van der Waals surface area contributed by atoms with Crippen LogP contribution in [0.2, 0.25) is 0 Å². The van der Waals surface area contributed by atoms with Gasteiger partial charge in [0, 0.05) is 30.8 Å². The first-order valence-electron chi connectivity index (χ1n) is 9.19. The van der Waals surface area contributed by atoms with Crippen molar-refractivity contribution in [3.05, 3.63) is 47.7 Å². The molecule has 0 saturated carbocycles. The highest BCUT2D eigenvalue weighted by Gasteiger charge is 2.28. The topological polar surface area (TPSA) is 52.5 Å². The highest BCUT2D eigenvalue weighted by Crippen LogP contribution is 2.21. The highest BCUT2D eigenvalue weighted by molar-refractivity contribution is 5.89. The van der Waals surface area contributed by atoms with Crippen molar-refractivity contribution in [3.63, 3.8) is 0 Å². The summed E-state index contributed by atoms with van der Waals surface area (Å²) in [5, 5.41) is 4.24. The number of para-hydroxylation sites is 1. The fraction of sp³-hybridized carbons (Fsp3) is 0.476. The number of carbonyl (C=O) groups excluding carboxylic acids is 1. The van der Waals surface area contributed by atoms with Crippen molar-refractivity contribution < 1.29 is 14.3 Å². The van der Waals surface area contributed by atoms with E-state index in [1.54, 1.807) is 0 Å². The van der Waals surface area contributed by atoms with Gasteiger partial charge in [-0.25, -0.2) is 0 Å². The SMILES string of the molecule is CC(C)=CCO[C@H]1CCOC[C@H]1NC(=O)Cc1cn(C)c2ccccc12. The van der Waals surface area contributed by atoms with Gasteiger partial charge in [-0.3, -0.25) is 4.79 Å². The Hall–Kier alpha value is -2.11. The van der Waals surface area contributed by atoms with Crippen LogP contribution in [0.25, 0.3) is 10.9 Å². The van der Waals surface area contributed by atoms with E-state index in [2.05, 4.69) is 41.9 Å². The van der Waals surface area contributed by atoms with E-state index in [1.165, 1.54) is 5.57 Å². The average molecular weight is 356 g/mol. The Kier molecular flexibility index (Phi) is 6.12. The number of rotatable bonds is 6. The molecule has 0 bridgehead atoms. The minimum Gasteiger partial charge on any atom is -0.379 e. The Morgan fingerprint density at radius 1 is 1.38 bits per heavy atom. The summed E-state index contributed by atoms with van der Waals surface area (Å²) < 4.78 is 13.6. The van der Waals surface area contributed by atoms with Gasteiger partial charge >= 0.3 is 0 Å². The van der Waals surface area contributed by atoms with Crippen LogP contribution in [0.4, 0.5) is 0 Å². The van der Waals surface area contributed by atoms with E-state index in [1.807, 2.05) is 25.4 Å². The van der Waals surface area contributed by atoms with E-state index in [4.69, 9.17) is 9.47 Å². The van der Waals surface area contributed by atoms with Gasteiger partial charge in [-0.2, -0.15) is 0 Å². The van der Waals surface area contributed by atoms with Crippen molar-refractivity contribution in [1.82, 2.24) is 9.88 Å². The minimum absolute atomic E-state index is 0.00387. The van der Waals surface area contributed by atoms with E-state index >= 15 is 0 Å². The molecule has 1 aliphatic heterocycles. The van der Waals surface area contributed by atoms with Gasteiger partial charge in [0.25, 0.3) is 0 Å². The third-order valence-corrected chi connectivity index (χ3v) is 4.77. The predicted octanol–water partition coefficient (Wildman–Crippen LogP) is 2.98. The molecule has 1 fully saturated rings. The van der Waals surface area contributed by atoms with Crippen molar-refractivity contribution in [2.45, 2.75) is 38.8 Å². The molecule has 0 unspecified atom stereocenters. The van der Waals surface area contributed by atoms with Gasteiger partial charge in [0.05, 0.1) is 31.8 Å². The largest absolute Gasteiger partial charge is 0.379 e. The maximum atomic E-state index is 12.6. The van der Waals surface area contributed by atoms with Crippen LogP contribution < -0.4 is 5.32 Å². The van der Waals surface area contributed by atoms with Gasteiger partial charge in [0.1, 0.15) is 0 Å². The van der Waals surface area contributed by atoms with Crippen molar-refractivity contribution in [2.24, 2.45) is 7.05 Å². The summed E-state index contributed by atoms with van der Waals surface area (Å²) in [6.45, 7) is 5.85. The zero-order valence-electron chi connectivity index (χ0n) is 15.8. The van der Waals surface area contributed by atoms with Crippen LogP contribution in [0.1, 0.15) is 25.8 Å². The van der Waals surface area contributed by atoms with Gasteiger partial charge in [0.2, 0.25) is 5.91 Å². The summed E-state index contributed by atoms with van der Waals surface area (Å²) >= 11 is 0. The van der Waals surface area contributed by atoms with Crippen molar-refractivity contribution in [1.29, 1.82) is 0 Å². The van der Waals surface area contributed by atoms with Gasteiger partial charge in [-0.15, -0.1) is 0 Å². The third kappa shape index (κ3) is 4.54. The number of ether oxygens (including phenoxy) is 2. The molecule has 5 nitrogen and oxygen atoms in total. The molecule has 26 heavy (non-hydrogen) atoms. The van der Waals surface area contributed by atoms with Crippen LogP contribution >= 0.6 is 0 Å². The number of benzene rings is 1. The van der Waals surface area contributed by atoms with Crippen LogP contribution in [0.15, 0.2) is 42.1 Å². The summed E-state index contributed by atoms with van der Waals surface area (Å²) in [6, 6.07) is 8.05. The van der Waals surface area contributed by atoms with E-state index in [0.717, 1.165) is 22.9 Å². The minimum atomic E-state index is -0.100. The smallest absolute Gasteiger partial charge is 0.224 e. The molecular formula is C21H28N2O3. The first-order valence-corrected chi connectivity index (χ1v) is 9.19. The lowest BCUT2D eigenvalue weighted by Gasteiger charge is -2.31. The summed E-state index contributed by atoms with van der Waals surface area (Å²) in [7, 11) is 2.01. The molecule has 1 N–H and O–H groups in total. The molecule has 0 spiro atoms. The average Bonchev–Trinajstić information content (AvgIpc) is 2.92. The number of nitrogens with one attached hydrogen (secondary N) is 1. The molecule has 2 aromatic rings. The van der Waals surface area contributed by atoms with Crippen LogP contribution in [0.3, 0.4) is 0 Å². The Morgan fingerprint density at radius 2 is 2.19 bits per heavy atom. The summed E-state index contributed by atoms with van der Waals surface area (Å²) in [5.74, 6) is 0.00710. The zero-order chi connectivity index (χ0) is 18.5. The summed E-state index contributed by atoms with van der Waals surface area (Å²) in [4.78, 5) is 12.6. The lowest BCUT2D eigenvalue weighted by molar-refractivity contribution is -0.125. The first-order chi connectivity index (χ1) is 12.5. The van der Waals surface area contributed by atoms with Gasteiger partial charge in [0.15, 0.2) is 0 Å². The predicted molar refractivity (Wildman–Crippen MR) is 103 cm³/mol. The number of allylic oxidation sites excluding steroid dienone is 1. The van der Waals surface area contributed by atoms with Crippen molar-refractivity contribution in [3.8, 4) is 0 Å². The molecule has 3 rings (SSSR count). The molecular weight excluding hydrogens is 328 g/mol. The Balaban J connectivity index is 1.63. The lowest BCUT2D eigenvalue weighted by atomic mass is 10.1. The number of aryl methyl sites for hydroxylation is 1. The van der Waals surface area contributed by atoms with E-state index in [0.29, 0.717) is 26.2 Å². The number of amides is 1. The number of fused-ring (bicyclic) bond motifs is 1. The number of hydrogen-bond acceptors (Lipinski definition) is 3. The highest BCUT2D eigenvalue weighted by atomic mass is 16.5. The van der Waals surface area contributed by atoms with Gasteiger partial charge in [-0.1, -0.05) is 29.8 Å². The van der Waals surface area contributed by atoms with E-state index in [9.17, 15) is 4.79 Å². The Labute approximate surface area is 155 Å². The van der Waals surface area contributed by atoms with Crippen LogP contribution in [0.5, 0.6) is 0 Å².